The van der Waals surface area contributed by atoms with Gasteiger partial charge in [0.1, 0.15) is 0 Å². The Balaban J connectivity index is 2.02. The van der Waals surface area contributed by atoms with Crippen molar-refractivity contribution in [3.8, 4) is 0 Å². The van der Waals surface area contributed by atoms with Crippen molar-refractivity contribution in [2.45, 2.75) is 30.7 Å². The van der Waals surface area contributed by atoms with Crippen LogP contribution in [0.4, 0.5) is 0 Å². The van der Waals surface area contributed by atoms with Gasteiger partial charge in [0, 0.05) is 18.5 Å². The van der Waals surface area contributed by atoms with Gasteiger partial charge in [-0.3, -0.25) is 4.79 Å². The van der Waals surface area contributed by atoms with Crippen molar-refractivity contribution >= 4 is 27.5 Å². The molecule has 0 saturated heterocycles. The maximum absolute atomic E-state index is 12.4. The molecule has 134 valence electrons. The average Bonchev–Trinajstić information content (AvgIpc) is 2.59. The molecule has 0 saturated carbocycles. The topological polar surface area (TPSA) is 80.5 Å². The normalized spacial score (nSPS) is 12.6. The zero-order chi connectivity index (χ0) is 18.6. The lowest BCUT2D eigenvalue weighted by molar-refractivity contribution is -0.131. The van der Waals surface area contributed by atoms with E-state index in [4.69, 9.17) is 16.7 Å². The van der Waals surface area contributed by atoms with Crippen LogP contribution in [0.2, 0.25) is 5.02 Å². The first kappa shape index (κ1) is 19.4. The van der Waals surface area contributed by atoms with Crippen LogP contribution >= 0.6 is 11.6 Å². The van der Waals surface area contributed by atoms with Crippen molar-refractivity contribution in [3.05, 3.63) is 64.7 Å². The Bertz CT molecular complexity index is 851. The van der Waals surface area contributed by atoms with Crippen LogP contribution in [-0.2, 0) is 21.2 Å². The molecule has 1 atom stereocenters. The van der Waals surface area contributed by atoms with Gasteiger partial charge in [0.15, 0.2) is 0 Å². The average molecular weight is 381 g/mol. The lowest BCUT2D eigenvalue weighted by atomic mass is 10.1. The van der Waals surface area contributed by atoms with Gasteiger partial charge in [-0.15, -0.1) is 0 Å². The van der Waals surface area contributed by atoms with E-state index in [1.807, 2.05) is 25.1 Å². The molecule has 0 heterocycles. The second kappa shape index (κ2) is 7.99. The van der Waals surface area contributed by atoms with Crippen LogP contribution in [-0.4, -0.2) is 26.3 Å². The fourth-order valence-electron chi connectivity index (χ4n) is 2.49. The van der Waals surface area contributed by atoms with Gasteiger partial charge in [-0.2, -0.15) is 0 Å². The van der Waals surface area contributed by atoms with Gasteiger partial charge in [-0.25, -0.2) is 13.6 Å². The highest BCUT2D eigenvalue weighted by molar-refractivity contribution is 7.89. The van der Waals surface area contributed by atoms with Gasteiger partial charge < -0.3 is 4.90 Å². The van der Waals surface area contributed by atoms with Gasteiger partial charge >= 0.3 is 0 Å². The zero-order valence-corrected chi connectivity index (χ0v) is 15.7. The molecular formula is C18H21ClN2O3S. The summed E-state index contributed by atoms with van der Waals surface area (Å²) in [7, 11) is -1.99. The van der Waals surface area contributed by atoms with Crippen LogP contribution < -0.4 is 5.14 Å². The molecule has 1 unspecified atom stereocenters. The molecule has 0 aliphatic heterocycles. The van der Waals surface area contributed by atoms with Gasteiger partial charge in [0.05, 0.1) is 10.9 Å². The second-order valence-electron chi connectivity index (χ2n) is 5.89. The molecule has 2 rings (SSSR count). The third-order valence-electron chi connectivity index (χ3n) is 4.23. The smallest absolute Gasteiger partial charge is 0.238 e. The molecule has 0 aromatic heterocycles. The van der Waals surface area contributed by atoms with Crippen LogP contribution in [0.5, 0.6) is 0 Å². The van der Waals surface area contributed by atoms with Crippen LogP contribution in [0, 0.1) is 0 Å². The summed E-state index contributed by atoms with van der Waals surface area (Å²) >= 11 is 6.11. The standard InChI is InChI=1S/C18H21ClN2O3S/c1-13(14-7-10-16(11-8-14)25(20,23)24)21(2)18(22)12-9-15-5-3-4-6-17(15)19/h3-8,10-11,13H,9,12H2,1-2H3,(H2,20,23,24). The maximum atomic E-state index is 12.4. The van der Waals surface area contributed by atoms with Crippen LogP contribution in [0.25, 0.3) is 0 Å². The molecule has 1 amide bonds. The summed E-state index contributed by atoms with van der Waals surface area (Å²) < 4.78 is 22.6. The molecular weight excluding hydrogens is 360 g/mol. The summed E-state index contributed by atoms with van der Waals surface area (Å²) in [5.74, 6) is -0.0112. The number of hydrogen-bond acceptors (Lipinski definition) is 3. The van der Waals surface area contributed by atoms with E-state index in [1.165, 1.54) is 12.1 Å². The Labute approximate surface area is 153 Å². The molecule has 2 N–H and O–H groups in total. The fourth-order valence-corrected chi connectivity index (χ4v) is 3.24. The number of amides is 1. The third-order valence-corrected chi connectivity index (χ3v) is 5.53. The Morgan fingerprint density at radius 3 is 2.32 bits per heavy atom. The zero-order valence-electron chi connectivity index (χ0n) is 14.1. The van der Waals surface area contributed by atoms with E-state index in [2.05, 4.69) is 0 Å². The number of nitrogens with two attached hydrogens (primary N) is 1. The van der Waals surface area contributed by atoms with Crippen molar-refractivity contribution in [1.82, 2.24) is 4.90 Å². The molecule has 2 aromatic carbocycles. The number of carbonyl (C=O) groups excluding carboxylic acids is 1. The predicted octanol–water partition coefficient (Wildman–Crippen LogP) is 3.14. The Morgan fingerprint density at radius 1 is 1.16 bits per heavy atom. The SMILES string of the molecule is CC(c1ccc(S(N)(=O)=O)cc1)N(C)C(=O)CCc1ccccc1Cl. The highest BCUT2D eigenvalue weighted by atomic mass is 35.5. The van der Waals surface area contributed by atoms with E-state index in [1.54, 1.807) is 30.1 Å². The molecule has 0 spiro atoms. The summed E-state index contributed by atoms with van der Waals surface area (Å²) in [4.78, 5) is 14.1. The number of benzene rings is 2. The summed E-state index contributed by atoms with van der Waals surface area (Å²) in [5.41, 5.74) is 1.78. The molecule has 0 bridgehead atoms. The minimum Gasteiger partial charge on any atom is -0.339 e. The van der Waals surface area contributed by atoms with E-state index >= 15 is 0 Å². The monoisotopic (exact) mass is 380 g/mol. The van der Waals surface area contributed by atoms with Crippen molar-refractivity contribution < 1.29 is 13.2 Å². The van der Waals surface area contributed by atoms with Crippen LogP contribution in [0.3, 0.4) is 0 Å². The van der Waals surface area contributed by atoms with Crippen molar-refractivity contribution in [2.75, 3.05) is 7.05 Å². The number of nitrogens with zero attached hydrogens (tertiary/aromatic N) is 1. The van der Waals surface area contributed by atoms with E-state index in [9.17, 15) is 13.2 Å². The van der Waals surface area contributed by atoms with Crippen LogP contribution in [0.1, 0.15) is 30.5 Å². The van der Waals surface area contributed by atoms with E-state index < -0.39 is 10.0 Å². The molecule has 2 aromatic rings. The summed E-state index contributed by atoms with van der Waals surface area (Å²) in [5, 5.41) is 5.75. The van der Waals surface area contributed by atoms with Gasteiger partial charge in [0.25, 0.3) is 0 Å². The number of carbonyl (C=O) groups is 1. The molecule has 25 heavy (non-hydrogen) atoms. The molecule has 5 nitrogen and oxygen atoms in total. The minimum atomic E-state index is -3.72. The quantitative estimate of drug-likeness (QED) is 0.835. The van der Waals surface area contributed by atoms with Crippen molar-refractivity contribution in [2.24, 2.45) is 5.14 Å². The lowest BCUT2D eigenvalue weighted by Gasteiger charge is -2.25. The largest absolute Gasteiger partial charge is 0.339 e. The summed E-state index contributed by atoms with van der Waals surface area (Å²) in [6.45, 7) is 1.89. The number of halogens is 1. The fraction of sp³-hybridized carbons (Fsp3) is 0.278. The van der Waals surface area contributed by atoms with Crippen molar-refractivity contribution in [3.63, 3.8) is 0 Å². The number of sulfonamides is 1. The molecule has 0 radical (unpaired) electrons. The first-order valence-electron chi connectivity index (χ1n) is 7.82. The summed E-state index contributed by atoms with van der Waals surface area (Å²) in [6.07, 6.45) is 0.916. The first-order chi connectivity index (χ1) is 11.7. The molecule has 0 aliphatic rings. The highest BCUT2D eigenvalue weighted by Gasteiger charge is 2.18. The molecule has 0 fully saturated rings. The van der Waals surface area contributed by atoms with E-state index in [0.717, 1.165) is 11.1 Å². The lowest BCUT2D eigenvalue weighted by Crippen LogP contribution is -2.29. The number of rotatable bonds is 6. The Hall–Kier alpha value is -1.89. The number of aryl methyl sites for hydroxylation is 1. The second-order valence-corrected chi connectivity index (χ2v) is 7.85. The molecule has 0 aliphatic carbocycles. The van der Waals surface area contributed by atoms with Gasteiger partial charge in [-0.05, 0) is 42.7 Å². The number of primary sulfonamides is 1. The van der Waals surface area contributed by atoms with E-state index in [0.29, 0.717) is 17.9 Å². The van der Waals surface area contributed by atoms with Gasteiger partial charge in [-0.1, -0.05) is 41.9 Å². The van der Waals surface area contributed by atoms with E-state index in [-0.39, 0.29) is 16.8 Å². The molecule has 7 heteroatoms. The van der Waals surface area contributed by atoms with Crippen LogP contribution in [0.15, 0.2) is 53.4 Å². The predicted molar refractivity (Wildman–Crippen MR) is 98.8 cm³/mol. The van der Waals surface area contributed by atoms with Gasteiger partial charge in [0.2, 0.25) is 15.9 Å². The number of hydrogen-bond donors (Lipinski definition) is 1. The maximum Gasteiger partial charge on any atom is 0.238 e. The third kappa shape index (κ3) is 5.04. The summed E-state index contributed by atoms with van der Waals surface area (Å²) in [6, 6.07) is 13.5. The highest BCUT2D eigenvalue weighted by Crippen LogP contribution is 2.22. The first-order valence-corrected chi connectivity index (χ1v) is 9.74. The van der Waals surface area contributed by atoms with Crippen molar-refractivity contribution in [1.29, 1.82) is 0 Å². The minimum absolute atomic E-state index is 0.0112. The Morgan fingerprint density at radius 2 is 1.76 bits per heavy atom. The Kier molecular flexibility index (Phi) is 6.21.